The third-order valence-electron chi connectivity index (χ3n) is 2.53. The van der Waals surface area contributed by atoms with Crippen LogP contribution in [0.1, 0.15) is 19.8 Å². The third kappa shape index (κ3) is 7.63. The molecule has 19 heavy (non-hydrogen) atoms. The summed E-state index contributed by atoms with van der Waals surface area (Å²) < 4.78 is 10.8. The maximum atomic E-state index is 5.99. The van der Waals surface area contributed by atoms with Gasteiger partial charge in [0.15, 0.2) is 0 Å². The van der Waals surface area contributed by atoms with E-state index in [9.17, 15) is 0 Å². The van der Waals surface area contributed by atoms with Gasteiger partial charge in [0.05, 0.1) is 5.02 Å². The first kappa shape index (κ1) is 16.6. The molecule has 0 aliphatic heterocycles. The highest BCUT2D eigenvalue weighted by Crippen LogP contribution is 2.27. The Bertz CT molecular complexity index is 361. The topological polar surface area (TPSA) is 30.5 Å². The predicted octanol–water partition coefficient (Wildman–Crippen LogP) is 3.78. The van der Waals surface area contributed by atoms with E-state index in [1.54, 1.807) is 18.2 Å². The molecule has 3 nitrogen and oxygen atoms in total. The van der Waals surface area contributed by atoms with E-state index in [0.717, 1.165) is 39.1 Å². The van der Waals surface area contributed by atoms with Gasteiger partial charge in [0.1, 0.15) is 12.4 Å². The Hall–Kier alpha value is -0.480. The average molecular weight is 306 g/mol. The molecule has 0 saturated carbocycles. The molecule has 0 atom stereocenters. The molecular weight excluding hydrogens is 285 g/mol. The molecule has 0 bridgehead atoms. The molecule has 0 fully saturated rings. The number of hydrogen-bond acceptors (Lipinski definition) is 3. The molecule has 0 aromatic heterocycles. The standard InChI is InChI=1S/C14H21Cl2NO2/c1-2-18-9-4-3-7-17-8-10-19-14-11-12(15)5-6-13(14)16/h5-6,11,17H,2-4,7-10H2,1H3. The summed E-state index contributed by atoms with van der Waals surface area (Å²) in [5.41, 5.74) is 0. The first-order valence-electron chi connectivity index (χ1n) is 6.60. The van der Waals surface area contributed by atoms with Crippen molar-refractivity contribution in [1.29, 1.82) is 0 Å². The largest absolute Gasteiger partial charge is 0.491 e. The smallest absolute Gasteiger partial charge is 0.139 e. The van der Waals surface area contributed by atoms with Crippen molar-refractivity contribution >= 4 is 23.2 Å². The molecule has 0 aliphatic rings. The molecule has 1 N–H and O–H groups in total. The molecule has 1 rings (SSSR count). The Morgan fingerprint density at radius 2 is 1.95 bits per heavy atom. The first-order chi connectivity index (χ1) is 9.24. The van der Waals surface area contributed by atoms with Crippen LogP contribution in [0.2, 0.25) is 10.0 Å². The lowest BCUT2D eigenvalue weighted by molar-refractivity contribution is 0.143. The Labute approximate surface area is 125 Å². The van der Waals surface area contributed by atoms with Gasteiger partial charge in [-0.25, -0.2) is 0 Å². The maximum absolute atomic E-state index is 5.99. The van der Waals surface area contributed by atoms with Crippen molar-refractivity contribution < 1.29 is 9.47 Å². The van der Waals surface area contributed by atoms with Gasteiger partial charge in [-0.3, -0.25) is 0 Å². The summed E-state index contributed by atoms with van der Waals surface area (Å²) in [6, 6.07) is 5.21. The van der Waals surface area contributed by atoms with Crippen molar-refractivity contribution in [3.8, 4) is 5.75 Å². The average Bonchev–Trinajstić information content (AvgIpc) is 2.40. The number of nitrogens with one attached hydrogen (secondary N) is 1. The number of halogens is 2. The van der Waals surface area contributed by atoms with Gasteiger partial charge in [-0.05, 0) is 38.4 Å². The SMILES string of the molecule is CCOCCCCNCCOc1cc(Cl)ccc1Cl. The molecule has 0 saturated heterocycles. The van der Waals surface area contributed by atoms with Crippen LogP contribution in [0, 0.1) is 0 Å². The number of unbranched alkanes of at least 4 members (excludes halogenated alkanes) is 1. The molecule has 0 amide bonds. The molecule has 0 aliphatic carbocycles. The minimum Gasteiger partial charge on any atom is -0.491 e. The van der Waals surface area contributed by atoms with Crippen molar-refractivity contribution in [3.05, 3.63) is 28.2 Å². The lowest BCUT2D eigenvalue weighted by Crippen LogP contribution is -2.22. The fourth-order valence-corrected chi connectivity index (χ4v) is 1.88. The van der Waals surface area contributed by atoms with E-state index in [-0.39, 0.29) is 0 Å². The Kier molecular flexibility index (Phi) is 9.01. The second-order valence-corrected chi connectivity index (χ2v) is 4.92. The van der Waals surface area contributed by atoms with Crippen LogP contribution in [-0.4, -0.2) is 32.9 Å². The molecule has 0 unspecified atom stereocenters. The van der Waals surface area contributed by atoms with E-state index in [1.165, 1.54) is 0 Å². The molecule has 1 aromatic rings. The minimum absolute atomic E-state index is 0.575. The summed E-state index contributed by atoms with van der Waals surface area (Å²) in [6.45, 7) is 5.98. The van der Waals surface area contributed by atoms with Crippen LogP contribution in [-0.2, 0) is 4.74 Å². The van der Waals surface area contributed by atoms with Crippen molar-refractivity contribution in [3.63, 3.8) is 0 Å². The highest BCUT2D eigenvalue weighted by Gasteiger charge is 2.01. The lowest BCUT2D eigenvalue weighted by atomic mass is 10.3. The summed E-state index contributed by atoms with van der Waals surface area (Å²) in [5, 5.41) is 4.52. The highest BCUT2D eigenvalue weighted by atomic mass is 35.5. The fraction of sp³-hybridized carbons (Fsp3) is 0.571. The van der Waals surface area contributed by atoms with Gasteiger partial charge in [-0.15, -0.1) is 0 Å². The Morgan fingerprint density at radius 3 is 2.74 bits per heavy atom. The van der Waals surface area contributed by atoms with Crippen LogP contribution in [0.5, 0.6) is 5.75 Å². The molecule has 0 radical (unpaired) electrons. The quantitative estimate of drug-likeness (QED) is 0.667. The van der Waals surface area contributed by atoms with Gasteiger partial charge < -0.3 is 14.8 Å². The van der Waals surface area contributed by atoms with Crippen molar-refractivity contribution in [2.24, 2.45) is 0 Å². The zero-order valence-corrected chi connectivity index (χ0v) is 12.8. The third-order valence-corrected chi connectivity index (χ3v) is 3.07. The van der Waals surface area contributed by atoms with E-state index in [4.69, 9.17) is 32.7 Å². The van der Waals surface area contributed by atoms with Gasteiger partial charge in [0.25, 0.3) is 0 Å². The van der Waals surface area contributed by atoms with E-state index in [0.29, 0.717) is 22.4 Å². The molecule has 5 heteroatoms. The number of ether oxygens (including phenoxy) is 2. The second kappa shape index (κ2) is 10.3. The minimum atomic E-state index is 0.575. The monoisotopic (exact) mass is 305 g/mol. The van der Waals surface area contributed by atoms with Crippen molar-refractivity contribution in [2.45, 2.75) is 19.8 Å². The number of benzene rings is 1. The molecule has 108 valence electrons. The summed E-state index contributed by atoms with van der Waals surface area (Å²) in [6.07, 6.45) is 2.19. The van der Waals surface area contributed by atoms with Crippen LogP contribution in [0.15, 0.2) is 18.2 Å². The Balaban J connectivity index is 2.03. The van der Waals surface area contributed by atoms with E-state index in [1.807, 2.05) is 6.92 Å². The van der Waals surface area contributed by atoms with E-state index >= 15 is 0 Å². The second-order valence-electron chi connectivity index (χ2n) is 4.08. The van der Waals surface area contributed by atoms with Gasteiger partial charge >= 0.3 is 0 Å². The summed E-state index contributed by atoms with van der Waals surface area (Å²) in [5.74, 6) is 0.632. The van der Waals surface area contributed by atoms with Gasteiger partial charge in [0.2, 0.25) is 0 Å². The van der Waals surface area contributed by atoms with Gasteiger partial charge in [-0.2, -0.15) is 0 Å². The van der Waals surface area contributed by atoms with Crippen molar-refractivity contribution in [1.82, 2.24) is 5.32 Å². The predicted molar refractivity (Wildman–Crippen MR) is 80.6 cm³/mol. The van der Waals surface area contributed by atoms with Crippen LogP contribution < -0.4 is 10.1 Å². The maximum Gasteiger partial charge on any atom is 0.139 e. The van der Waals surface area contributed by atoms with Crippen LogP contribution in [0.4, 0.5) is 0 Å². The molecule has 1 aromatic carbocycles. The lowest BCUT2D eigenvalue weighted by Gasteiger charge is -2.09. The Morgan fingerprint density at radius 1 is 1.11 bits per heavy atom. The number of rotatable bonds is 10. The zero-order valence-electron chi connectivity index (χ0n) is 11.3. The van der Waals surface area contributed by atoms with Gasteiger partial charge in [0, 0.05) is 30.8 Å². The van der Waals surface area contributed by atoms with Crippen LogP contribution in [0.25, 0.3) is 0 Å². The normalized spacial score (nSPS) is 10.7. The molecular formula is C14H21Cl2NO2. The van der Waals surface area contributed by atoms with Gasteiger partial charge in [-0.1, -0.05) is 23.2 Å². The fourth-order valence-electron chi connectivity index (χ4n) is 1.54. The van der Waals surface area contributed by atoms with Crippen LogP contribution in [0.3, 0.4) is 0 Å². The summed E-state index contributed by atoms with van der Waals surface area (Å²) in [7, 11) is 0. The summed E-state index contributed by atoms with van der Waals surface area (Å²) in [4.78, 5) is 0. The van der Waals surface area contributed by atoms with E-state index < -0.39 is 0 Å². The highest BCUT2D eigenvalue weighted by molar-refractivity contribution is 6.34. The first-order valence-corrected chi connectivity index (χ1v) is 7.36. The number of hydrogen-bond donors (Lipinski definition) is 1. The zero-order chi connectivity index (χ0) is 13.9. The van der Waals surface area contributed by atoms with Crippen molar-refractivity contribution in [2.75, 3.05) is 32.9 Å². The summed E-state index contributed by atoms with van der Waals surface area (Å²) >= 11 is 11.9. The van der Waals surface area contributed by atoms with Crippen LogP contribution >= 0.6 is 23.2 Å². The molecule has 0 heterocycles. The molecule has 0 spiro atoms. The van der Waals surface area contributed by atoms with E-state index in [2.05, 4.69) is 5.32 Å².